The van der Waals surface area contributed by atoms with Gasteiger partial charge in [-0.1, -0.05) is 34.8 Å². The molecule has 7 heteroatoms. The molecule has 1 N–H and O–H groups in total. The first-order valence-corrected chi connectivity index (χ1v) is 8.34. The Morgan fingerprint density at radius 3 is 2.70 bits per heavy atom. The van der Waals surface area contributed by atoms with E-state index in [1.54, 1.807) is 6.20 Å². The van der Waals surface area contributed by atoms with Crippen LogP contribution in [0.2, 0.25) is 15.1 Å². The number of carbonyl (C=O) groups is 1. The highest BCUT2D eigenvalue weighted by Crippen LogP contribution is 2.44. The molecule has 1 aliphatic carbocycles. The minimum absolute atomic E-state index is 0.0965. The molecule has 2 atom stereocenters. The first-order valence-electron chi connectivity index (χ1n) is 7.21. The van der Waals surface area contributed by atoms with E-state index in [1.807, 2.05) is 13.8 Å². The zero-order valence-corrected chi connectivity index (χ0v) is 14.8. The summed E-state index contributed by atoms with van der Waals surface area (Å²) < 4.78 is 20.4. The second-order valence-corrected chi connectivity index (χ2v) is 7.49. The fourth-order valence-corrected chi connectivity index (χ4v) is 3.86. The average molecular weight is 379 g/mol. The van der Waals surface area contributed by atoms with Crippen molar-refractivity contribution in [2.45, 2.75) is 44.4 Å². The van der Waals surface area contributed by atoms with Crippen LogP contribution in [0.25, 0.3) is 0 Å². The smallest absolute Gasteiger partial charge is 0.163 e. The highest BCUT2D eigenvalue weighted by Gasteiger charge is 2.41. The van der Waals surface area contributed by atoms with Gasteiger partial charge in [-0.05, 0) is 32.3 Å². The molecule has 1 heterocycles. The Morgan fingerprint density at radius 1 is 1.30 bits per heavy atom. The Bertz CT molecular complexity index is 692. The fraction of sp³-hybridized carbons (Fsp3) is 0.438. The summed E-state index contributed by atoms with van der Waals surface area (Å²) in [6.45, 7) is 3.72. The number of nitrogens with one attached hydrogen (secondary N) is 1. The lowest BCUT2D eigenvalue weighted by Crippen LogP contribution is -2.49. The van der Waals surface area contributed by atoms with Gasteiger partial charge in [0.15, 0.2) is 5.78 Å². The molecular weight excluding hydrogens is 364 g/mol. The van der Waals surface area contributed by atoms with Crippen molar-refractivity contribution in [3.05, 3.63) is 44.3 Å². The molecule has 124 valence electrons. The Labute approximate surface area is 148 Å². The topological polar surface area (TPSA) is 38.3 Å². The maximum absolute atomic E-state index is 14.5. The monoisotopic (exact) mass is 377 g/mol. The summed E-state index contributed by atoms with van der Waals surface area (Å²) >= 11 is 18.1. The number of halogens is 4. The molecule has 0 saturated heterocycles. The van der Waals surface area contributed by atoms with Crippen LogP contribution in [0.15, 0.2) is 17.8 Å². The van der Waals surface area contributed by atoms with Crippen LogP contribution in [0.3, 0.4) is 0 Å². The van der Waals surface area contributed by atoms with Gasteiger partial charge in [-0.2, -0.15) is 0 Å². The van der Waals surface area contributed by atoms with E-state index in [2.05, 4.69) is 5.32 Å². The van der Waals surface area contributed by atoms with Gasteiger partial charge in [-0.3, -0.25) is 4.79 Å². The number of ether oxygens (including phenoxy) is 1. The van der Waals surface area contributed by atoms with Crippen LogP contribution in [0, 0.1) is 5.82 Å². The van der Waals surface area contributed by atoms with E-state index >= 15 is 0 Å². The van der Waals surface area contributed by atoms with Gasteiger partial charge in [0.2, 0.25) is 0 Å². The minimum Gasteiger partial charge on any atom is -0.364 e. The molecule has 2 aliphatic rings. The van der Waals surface area contributed by atoms with Crippen LogP contribution in [0.4, 0.5) is 4.39 Å². The Hall–Kier alpha value is -0.810. The molecule has 1 aromatic carbocycles. The molecule has 1 fully saturated rings. The first-order chi connectivity index (χ1) is 10.7. The van der Waals surface area contributed by atoms with Crippen molar-refractivity contribution in [3.63, 3.8) is 0 Å². The molecule has 0 aromatic heterocycles. The van der Waals surface area contributed by atoms with Gasteiger partial charge in [-0.25, -0.2) is 4.39 Å². The zero-order chi connectivity index (χ0) is 16.9. The largest absolute Gasteiger partial charge is 0.364 e. The number of ketones is 1. The summed E-state index contributed by atoms with van der Waals surface area (Å²) in [5.74, 6) is -1.15. The highest BCUT2D eigenvalue weighted by atomic mass is 35.5. The Kier molecular flexibility index (Phi) is 4.38. The van der Waals surface area contributed by atoms with E-state index in [0.29, 0.717) is 12.0 Å². The quantitative estimate of drug-likeness (QED) is 0.711. The molecule has 0 radical (unpaired) electrons. The lowest BCUT2D eigenvalue weighted by Gasteiger charge is -2.41. The third-order valence-corrected chi connectivity index (χ3v) is 5.24. The van der Waals surface area contributed by atoms with Crippen molar-refractivity contribution in [1.29, 1.82) is 0 Å². The third-order valence-electron chi connectivity index (χ3n) is 4.17. The average Bonchev–Trinajstić information content (AvgIpc) is 2.44. The Morgan fingerprint density at radius 2 is 2.00 bits per heavy atom. The molecule has 23 heavy (non-hydrogen) atoms. The first kappa shape index (κ1) is 17.0. The van der Waals surface area contributed by atoms with Crippen LogP contribution < -0.4 is 5.32 Å². The van der Waals surface area contributed by atoms with Crippen LogP contribution in [0.5, 0.6) is 0 Å². The summed E-state index contributed by atoms with van der Waals surface area (Å²) in [4.78, 5) is 12.4. The number of hydrogen-bond donors (Lipinski definition) is 1. The van der Waals surface area contributed by atoms with E-state index in [9.17, 15) is 9.18 Å². The van der Waals surface area contributed by atoms with Crippen LogP contribution in [-0.2, 0) is 9.53 Å². The van der Waals surface area contributed by atoms with Crippen molar-refractivity contribution < 1.29 is 13.9 Å². The van der Waals surface area contributed by atoms with Gasteiger partial charge < -0.3 is 10.1 Å². The maximum atomic E-state index is 14.5. The molecule has 2 unspecified atom stereocenters. The van der Waals surface area contributed by atoms with E-state index in [-0.39, 0.29) is 32.8 Å². The van der Waals surface area contributed by atoms with Crippen LogP contribution in [-0.4, -0.2) is 17.6 Å². The minimum atomic E-state index is -0.625. The van der Waals surface area contributed by atoms with Gasteiger partial charge in [-0.15, -0.1) is 0 Å². The molecule has 0 bridgehead atoms. The molecule has 1 aromatic rings. The van der Waals surface area contributed by atoms with Gasteiger partial charge >= 0.3 is 0 Å². The van der Waals surface area contributed by atoms with E-state index in [4.69, 9.17) is 39.5 Å². The molecular formula is C16H15Cl3FNO2. The third kappa shape index (κ3) is 3.10. The maximum Gasteiger partial charge on any atom is 0.163 e. The van der Waals surface area contributed by atoms with Gasteiger partial charge in [0.05, 0.1) is 21.2 Å². The Balaban J connectivity index is 2.00. The highest BCUT2D eigenvalue weighted by molar-refractivity contribution is 6.43. The number of carbonyl (C=O) groups excluding carboxylic acids is 1. The zero-order valence-electron chi connectivity index (χ0n) is 12.6. The lowest BCUT2D eigenvalue weighted by atomic mass is 9.78. The summed E-state index contributed by atoms with van der Waals surface area (Å²) in [6.07, 6.45) is 1.86. The lowest BCUT2D eigenvalue weighted by molar-refractivity contribution is -0.127. The molecule has 1 saturated carbocycles. The predicted molar refractivity (Wildman–Crippen MR) is 88.6 cm³/mol. The van der Waals surface area contributed by atoms with Crippen molar-refractivity contribution in [2.24, 2.45) is 0 Å². The second kappa shape index (κ2) is 5.92. The molecule has 3 rings (SSSR count). The van der Waals surface area contributed by atoms with E-state index < -0.39 is 23.6 Å². The summed E-state index contributed by atoms with van der Waals surface area (Å²) in [5.41, 5.74) is 0.173. The summed E-state index contributed by atoms with van der Waals surface area (Å²) in [6, 6.07) is 1.27. The van der Waals surface area contributed by atoms with Crippen LogP contribution in [0.1, 0.15) is 38.2 Å². The number of Topliss-reactive ketones (excluding diaryl/α,β-unsaturated/α-hetero) is 1. The number of benzene rings is 1. The molecule has 0 amide bonds. The van der Waals surface area contributed by atoms with Gasteiger partial charge in [0, 0.05) is 23.8 Å². The number of rotatable bonds is 1. The van der Waals surface area contributed by atoms with E-state index in [1.165, 1.54) is 6.07 Å². The predicted octanol–water partition coefficient (Wildman–Crippen LogP) is 4.84. The summed E-state index contributed by atoms with van der Waals surface area (Å²) in [7, 11) is 0. The molecule has 0 spiro atoms. The number of fused-ring (bicyclic) bond motifs is 1. The summed E-state index contributed by atoms with van der Waals surface area (Å²) in [5, 5.41) is 3.21. The fourth-order valence-electron chi connectivity index (χ4n) is 3.09. The van der Waals surface area contributed by atoms with Crippen molar-refractivity contribution in [2.75, 3.05) is 0 Å². The van der Waals surface area contributed by atoms with Crippen molar-refractivity contribution in [3.8, 4) is 0 Å². The van der Waals surface area contributed by atoms with Gasteiger partial charge in [0.25, 0.3) is 0 Å². The second-order valence-electron chi connectivity index (χ2n) is 6.30. The van der Waals surface area contributed by atoms with Crippen LogP contribution >= 0.6 is 34.8 Å². The number of hydrogen-bond acceptors (Lipinski definition) is 3. The van der Waals surface area contributed by atoms with E-state index in [0.717, 1.165) is 0 Å². The van der Waals surface area contributed by atoms with Crippen molar-refractivity contribution in [1.82, 2.24) is 5.32 Å². The van der Waals surface area contributed by atoms with Crippen molar-refractivity contribution >= 4 is 40.6 Å². The normalized spacial score (nSPS) is 26.3. The van der Waals surface area contributed by atoms with Gasteiger partial charge in [0.1, 0.15) is 11.5 Å². The standard InChI is InChI=1S/C16H15Cl3FNO2/c1-16(2)21-6-8-11(22)3-7(4-12(8)23-16)13-14(19)9(17)5-10(18)15(13)20/h5-7,12,21H,3-4H2,1-2H3. The SMILES string of the molecule is CC1(C)NC=C2C(=O)CC(c3c(F)c(Cl)cc(Cl)c3Cl)CC2O1. The molecule has 1 aliphatic heterocycles. The molecule has 3 nitrogen and oxygen atoms in total.